The molecule has 0 spiro atoms. The van der Waals surface area contributed by atoms with Crippen LogP contribution in [0.2, 0.25) is 0 Å². The predicted octanol–water partition coefficient (Wildman–Crippen LogP) is 3.24. The van der Waals surface area contributed by atoms with Crippen LogP contribution in [-0.2, 0) is 17.6 Å². The van der Waals surface area contributed by atoms with Crippen LogP contribution >= 0.6 is 0 Å². The molecule has 5 nitrogen and oxygen atoms in total. The summed E-state index contributed by atoms with van der Waals surface area (Å²) in [4.78, 5) is 16.5. The van der Waals surface area contributed by atoms with E-state index in [1.54, 1.807) is 0 Å². The van der Waals surface area contributed by atoms with Crippen LogP contribution in [0.25, 0.3) is 0 Å². The molecule has 0 radical (unpaired) electrons. The first-order valence-corrected chi connectivity index (χ1v) is 8.89. The third kappa shape index (κ3) is 3.60. The summed E-state index contributed by atoms with van der Waals surface area (Å²) >= 11 is 0. The van der Waals surface area contributed by atoms with Crippen molar-refractivity contribution < 1.29 is 14.3 Å². The highest BCUT2D eigenvalue weighted by Gasteiger charge is 2.26. The molecule has 1 amide bonds. The molecule has 0 aromatic heterocycles. The van der Waals surface area contributed by atoms with Crippen LogP contribution in [0.1, 0.15) is 38.8 Å². The van der Waals surface area contributed by atoms with E-state index in [2.05, 4.69) is 24.0 Å². The van der Waals surface area contributed by atoms with Gasteiger partial charge in [-0.15, -0.1) is 0 Å². The van der Waals surface area contributed by atoms with E-state index >= 15 is 0 Å². The number of hydrogen-bond donors (Lipinski definition) is 0. The van der Waals surface area contributed by atoms with E-state index in [-0.39, 0.29) is 6.09 Å². The SMILES string of the molecule is CCN1CCOc2cc3c(cc21)CCN(C(=O)OC(C)(C)C)CC3. The molecule has 0 unspecified atom stereocenters. The highest BCUT2D eigenvalue weighted by Crippen LogP contribution is 2.35. The van der Waals surface area contributed by atoms with Crippen LogP contribution in [0.3, 0.4) is 0 Å². The first-order valence-electron chi connectivity index (χ1n) is 8.89. The van der Waals surface area contributed by atoms with E-state index in [0.717, 1.165) is 38.3 Å². The molecule has 5 heteroatoms. The zero-order chi connectivity index (χ0) is 17.3. The van der Waals surface area contributed by atoms with Gasteiger partial charge in [0.25, 0.3) is 0 Å². The van der Waals surface area contributed by atoms with Crippen LogP contribution in [0.15, 0.2) is 12.1 Å². The Kier molecular flexibility index (Phi) is 4.61. The monoisotopic (exact) mass is 332 g/mol. The smallest absolute Gasteiger partial charge is 0.410 e. The van der Waals surface area contributed by atoms with Gasteiger partial charge in [0, 0.05) is 19.6 Å². The van der Waals surface area contributed by atoms with Gasteiger partial charge in [-0.3, -0.25) is 0 Å². The van der Waals surface area contributed by atoms with E-state index < -0.39 is 5.60 Å². The molecule has 0 aliphatic carbocycles. The summed E-state index contributed by atoms with van der Waals surface area (Å²) in [7, 11) is 0. The summed E-state index contributed by atoms with van der Waals surface area (Å²) in [5.74, 6) is 0.979. The van der Waals surface area contributed by atoms with Crippen molar-refractivity contribution in [1.82, 2.24) is 4.90 Å². The van der Waals surface area contributed by atoms with E-state index in [1.165, 1.54) is 16.8 Å². The number of anilines is 1. The predicted molar refractivity (Wildman–Crippen MR) is 95.0 cm³/mol. The third-order valence-electron chi connectivity index (χ3n) is 4.58. The first-order chi connectivity index (χ1) is 11.4. The van der Waals surface area contributed by atoms with E-state index in [1.807, 2.05) is 25.7 Å². The molecule has 2 heterocycles. The van der Waals surface area contributed by atoms with Crippen LogP contribution < -0.4 is 9.64 Å². The van der Waals surface area contributed by atoms with Gasteiger partial charge in [0.05, 0.1) is 12.2 Å². The molecule has 0 bridgehead atoms. The average Bonchev–Trinajstić information content (AvgIpc) is 2.72. The van der Waals surface area contributed by atoms with Crippen molar-refractivity contribution in [3.63, 3.8) is 0 Å². The topological polar surface area (TPSA) is 42.0 Å². The molecule has 0 saturated heterocycles. The number of likely N-dealkylation sites (N-methyl/N-ethyl adjacent to an activating group) is 1. The number of amides is 1. The van der Waals surface area contributed by atoms with Crippen molar-refractivity contribution in [3.8, 4) is 5.75 Å². The maximum absolute atomic E-state index is 12.3. The van der Waals surface area contributed by atoms with Gasteiger partial charge in [-0.05, 0) is 63.8 Å². The molecule has 0 fully saturated rings. The second kappa shape index (κ2) is 6.54. The van der Waals surface area contributed by atoms with E-state index in [9.17, 15) is 4.79 Å². The molecule has 132 valence electrons. The minimum absolute atomic E-state index is 0.216. The quantitative estimate of drug-likeness (QED) is 0.792. The lowest BCUT2D eigenvalue weighted by atomic mass is 10.0. The largest absolute Gasteiger partial charge is 0.490 e. The molecule has 1 aromatic carbocycles. The van der Waals surface area contributed by atoms with Gasteiger partial charge >= 0.3 is 6.09 Å². The number of carbonyl (C=O) groups excluding carboxylic acids is 1. The van der Waals surface area contributed by atoms with Crippen LogP contribution in [0.5, 0.6) is 5.75 Å². The van der Waals surface area contributed by atoms with Crippen LogP contribution in [0.4, 0.5) is 10.5 Å². The van der Waals surface area contributed by atoms with Crippen LogP contribution in [-0.4, -0.2) is 49.4 Å². The lowest BCUT2D eigenvalue weighted by Gasteiger charge is -2.31. The molecule has 0 saturated carbocycles. The van der Waals surface area contributed by atoms with Crippen LogP contribution in [0, 0.1) is 0 Å². The fraction of sp³-hybridized carbons (Fsp3) is 0.632. The minimum atomic E-state index is -0.454. The second-order valence-electron chi connectivity index (χ2n) is 7.48. The van der Waals surface area contributed by atoms with Crippen molar-refractivity contribution in [1.29, 1.82) is 0 Å². The Hall–Kier alpha value is -1.91. The minimum Gasteiger partial charge on any atom is -0.490 e. The third-order valence-corrected chi connectivity index (χ3v) is 4.58. The molecular weight excluding hydrogens is 304 g/mol. The summed E-state index contributed by atoms with van der Waals surface area (Å²) < 4.78 is 11.4. The zero-order valence-corrected chi connectivity index (χ0v) is 15.2. The summed E-state index contributed by atoms with van der Waals surface area (Å²) in [5, 5.41) is 0. The van der Waals surface area contributed by atoms with Gasteiger partial charge in [0.2, 0.25) is 0 Å². The molecule has 1 aromatic rings. The van der Waals surface area contributed by atoms with Gasteiger partial charge in [0.1, 0.15) is 18.0 Å². The number of rotatable bonds is 1. The van der Waals surface area contributed by atoms with Crippen molar-refractivity contribution >= 4 is 11.8 Å². The Labute approximate surface area is 144 Å². The normalized spacial score (nSPS) is 17.5. The number of carbonyl (C=O) groups is 1. The van der Waals surface area contributed by atoms with Gasteiger partial charge in [-0.2, -0.15) is 0 Å². The number of fused-ring (bicyclic) bond motifs is 2. The Morgan fingerprint density at radius 1 is 1.17 bits per heavy atom. The molecule has 0 atom stereocenters. The molecular formula is C19H28N2O3. The summed E-state index contributed by atoms with van der Waals surface area (Å²) in [6, 6.07) is 4.43. The van der Waals surface area contributed by atoms with Gasteiger partial charge in [0.15, 0.2) is 0 Å². The number of benzene rings is 1. The Balaban J connectivity index is 1.78. The molecule has 2 aliphatic rings. The fourth-order valence-corrected chi connectivity index (χ4v) is 3.33. The molecule has 3 rings (SSSR count). The zero-order valence-electron chi connectivity index (χ0n) is 15.2. The number of hydrogen-bond acceptors (Lipinski definition) is 4. The maximum atomic E-state index is 12.3. The number of ether oxygens (including phenoxy) is 2. The first kappa shape index (κ1) is 16.9. The Morgan fingerprint density at radius 3 is 2.46 bits per heavy atom. The van der Waals surface area contributed by atoms with Crippen molar-refractivity contribution in [2.45, 2.75) is 46.1 Å². The molecule has 0 N–H and O–H groups in total. The summed E-state index contributed by atoms with van der Waals surface area (Å²) in [6.07, 6.45) is 1.49. The Bertz CT molecular complexity index is 622. The van der Waals surface area contributed by atoms with Crippen molar-refractivity contribution in [2.24, 2.45) is 0 Å². The van der Waals surface area contributed by atoms with Gasteiger partial charge in [-0.25, -0.2) is 4.79 Å². The summed E-state index contributed by atoms with van der Waals surface area (Å²) in [5.41, 5.74) is 3.35. The Morgan fingerprint density at radius 2 is 1.83 bits per heavy atom. The average molecular weight is 332 g/mol. The second-order valence-corrected chi connectivity index (χ2v) is 7.48. The highest BCUT2D eigenvalue weighted by molar-refractivity contribution is 5.69. The standard InChI is InChI=1S/C19H28N2O3/c1-5-20-10-11-23-17-13-15-7-9-21(18(22)24-19(2,3)4)8-6-14(15)12-16(17)20/h12-13H,5-11H2,1-4H3. The summed E-state index contributed by atoms with van der Waals surface area (Å²) in [6.45, 7) is 11.9. The highest BCUT2D eigenvalue weighted by atomic mass is 16.6. The van der Waals surface area contributed by atoms with Gasteiger partial charge < -0.3 is 19.3 Å². The number of nitrogens with zero attached hydrogens (tertiary/aromatic N) is 2. The molecule has 2 aliphatic heterocycles. The lowest BCUT2D eigenvalue weighted by molar-refractivity contribution is 0.0258. The van der Waals surface area contributed by atoms with Gasteiger partial charge in [-0.1, -0.05) is 0 Å². The van der Waals surface area contributed by atoms with E-state index in [0.29, 0.717) is 13.1 Å². The maximum Gasteiger partial charge on any atom is 0.410 e. The van der Waals surface area contributed by atoms with E-state index in [4.69, 9.17) is 9.47 Å². The molecule has 24 heavy (non-hydrogen) atoms. The lowest BCUT2D eigenvalue weighted by Crippen LogP contribution is -2.38. The van der Waals surface area contributed by atoms with Crippen molar-refractivity contribution in [2.75, 3.05) is 37.7 Å². The fourth-order valence-electron chi connectivity index (χ4n) is 3.33. The van der Waals surface area contributed by atoms with Crippen molar-refractivity contribution in [3.05, 3.63) is 23.3 Å².